The fourth-order valence-corrected chi connectivity index (χ4v) is 1.48. The van der Waals surface area contributed by atoms with Crippen molar-refractivity contribution in [2.45, 2.75) is 6.42 Å². The summed E-state index contributed by atoms with van der Waals surface area (Å²) in [6.07, 6.45) is 1.84. The fourth-order valence-electron chi connectivity index (χ4n) is 1.48. The zero-order chi connectivity index (χ0) is 12.1. The van der Waals surface area contributed by atoms with E-state index in [4.69, 9.17) is 0 Å². The molecule has 0 aromatic heterocycles. The van der Waals surface area contributed by atoms with Gasteiger partial charge in [0.2, 0.25) is 11.8 Å². The Morgan fingerprint density at radius 1 is 1.69 bits per heavy atom. The minimum atomic E-state index is -0.720. The van der Waals surface area contributed by atoms with Crippen molar-refractivity contribution >= 4 is 17.8 Å². The van der Waals surface area contributed by atoms with E-state index in [1.165, 1.54) is 18.2 Å². The van der Waals surface area contributed by atoms with E-state index in [1.807, 2.05) is 0 Å². The Kier molecular flexibility index (Phi) is 4.04. The first-order valence-electron chi connectivity index (χ1n) is 4.87. The number of nitrogens with zero attached hydrogens (tertiary/aromatic N) is 1. The second kappa shape index (κ2) is 5.29. The van der Waals surface area contributed by atoms with Gasteiger partial charge in [-0.15, -0.1) is 0 Å². The normalized spacial score (nSPS) is 19.4. The Bertz CT molecular complexity index is 327. The molecule has 1 rings (SSSR count). The molecule has 6 heteroatoms. The third-order valence-electron chi connectivity index (χ3n) is 2.41. The summed E-state index contributed by atoms with van der Waals surface area (Å²) in [5.74, 6) is -1.99. The van der Waals surface area contributed by atoms with E-state index in [0.29, 0.717) is 13.0 Å². The van der Waals surface area contributed by atoms with Crippen LogP contribution in [0.5, 0.6) is 0 Å². The van der Waals surface area contributed by atoms with Gasteiger partial charge in [-0.2, -0.15) is 0 Å². The Hall–Kier alpha value is -1.85. The van der Waals surface area contributed by atoms with Gasteiger partial charge in [0.25, 0.3) is 0 Å². The number of esters is 1. The van der Waals surface area contributed by atoms with Gasteiger partial charge in [0.1, 0.15) is 12.5 Å². The van der Waals surface area contributed by atoms with E-state index in [2.05, 4.69) is 16.6 Å². The predicted octanol–water partition coefficient (Wildman–Crippen LogP) is -0.732. The maximum atomic E-state index is 11.6. The molecule has 1 heterocycles. The van der Waals surface area contributed by atoms with Crippen LogP contribution >= 0.6 is 0 Å². The number of hydrogen-bond acceptors (Lipinski definition) is 4. The Labute approximate surface area is 93.2 Å². The van der Waals surface area contributed by atoms with Gasteiger partial charge < -0.3 is 15.0 Å². The molecule has 0 radical (unpaired) electrons. The molecular formula is C10H14N2O4. The second-order valence-corrected chi connectivity index (χ2v) is 3.35. The van der Waals surface area contributed by atoms with Gasteiger partial charge in [0.05, 0.1) is 7.11 Å². The fraction of sp³-hybridized carbons (Fsp3) is 0.500. The molecule has 1 saturated heterocycles. The third-order valence-corrected chi connectivity index (χ3v) is 2.41. The molecule has 0 aromatic carbocycles. The summed E-state index contributed by atoms with van der Waals surface area (Å²) in [7, 11) is 1.23. The van der Waals surface area contributed by atoms with Gasteiger partial charge >= 0.3 is 5.97 Å². The highest BCUT2D eigenvalue weighted by Crippen LogP contribution is 2.17. The van der Waals surface area contributed by atoms with Crippen LogP contribution in [0.4, 0.5) is 0 Å². The molecule has 0 spiro atoms. The first-order chi connectivity index (χ1) is 7.60. The summed E-state index contributed by atoms with van der Waals surface area (Å²) in [6.45, 7) is 3.74. The molecule has 88 valence electrons. The number of rotatable bonds is 4. The molecule has 1 fully saturated rings. The van der Waals surface area contributed by atoms with Crippen LogP contribution in [0.15, 0.2) is 12.8 Å². The van der Waals surface area contributed by atoms with Gasteiger partial charge in [-0.1, -0.05) is 6.58 Å². The number of likely N-dealkylation sites (tertiary alicyclic amines) is 1. The van der Waals surface area contributed by atoms with Gasteiger partial charge in [-0.3, -0.25) is 14.4 Å². The van der Waals surface area contributed by atoms with E-state index < -0.39 is 17.8 Å². The van der Waals surface area contributed by atoms with Crippen LogP contribution in [0.3, 0.4) is 0 Å². The zero-order valence-electron chi connectivity index (χ0n) is 9.06. The SMILES string of the molecule is C=CN1CCC(C(=O)NCC(=O)OC)C1=O. The summed E-state index contributed by atoms with van der Waals surface area (Å²) in [5, 5.41) is 2.36. The largest absolute Gasteiger partial charge is 0.468 e. The number of methoxy groups -OCH3 is 1. The lowest BCUT2D eigenvalue weighted by atomic mass is 10.1. The standard InChI is InChI=1S/C10H14N2O4/c1-3-12-5-4-7(10(12)15)9(14)11-6-8(13)16-2/h3,7H,1,4-6H2,2H3,(H,11,14). The molecule has 1 unspecified atom stereocenters. The molecule has 1 aliphatic rings. The summed E-state index contributed by atoms with van der Waals surface area (Å²) in [6, 6.07) is 0. The molecule has 1 N–H and O–H groups in total. The highest BCUT2D eigenvalue weighted by atomic mass is 16.5. The molecular weight excluding hydrogens is 212 g/mol. The average Bonchev–Trinajstić information content (AvgIpc) is 2.66. The lowest BCUT2D eigenvalue weighted by molar-refractivity contribution is -0.143. The van der Waals surface area contributed by atoms with E-state index in [9.17, 15) is 14.4 Å². The molecule has 1 atom stereocenters. The number of ether oxygens (including phenoxy) is 1. The van der Waals surface area contributed by atoms with Crippen LogP contribution in [0.2, 0.25) is 0 Å². The second-order valence-electron chi connectivity index (χ2n) is 3.35. The highest BCUT2D eigenvalue weighted by molar-refractivity contribution is 6.02. The van der Waals surface area contributed by atoms with Crippen molar-refractivity contribution in [3.8, 4) is 0 Å². The summed E-state index contributed by atoms with van der Waals surface area (Å²) < 4.78 is 4.37. The maximum Gasteiger partial charge on any atom is 0.325 e. The molecule has 16 heavy (non-hydrogen) atoms. The van der Waals surface area contributed by atoms with Crippen molar-refractivity contribution in [3.63, 3.8) is 0 Å². The maximum absolute atomic E-state index is 11.6. The quantitative estimate of drug-likeness (QED) is 0.506. The molecule has 1 aliphatic heterocycles. The smallest absolute Gasteiger partial charge is 0.325 e. The molecule has 0 aliphatic carbocycles. The summed E-state index contributed by atoms with van der Waals surface area (Å²) in [4.78, 5) is 35.3. The minimum absolute atomic E-state index is 0.215. The molecule has 2 amide bonds. The van der Waals surface area contributed by atoms with Crippen molar-refractivity contribution in [1.82, 2.24) is 10.2 Å². The predicted molar refractivity (Wildman–Crippen MR) is 55.0 cm³/mol. The lowest BCUT2D eigenvalue weighted by Crippen LogP contribution is -2.38. The lowest BCUT2D eigenvalue weighted by Gasteiger charge is -2.10. The number of hydrogen-bond donors (Lipinski definition) is 1. The first kappa shape index (κ1) is 12.2. The van der Waals surface area contributed by atoms with Crippen LogP contribution in [0.25, 0.3) is 0 Å². The van der Waals surface area contributed by atoms with Gasteiger partial charge in [-0.05, 0) is 12.6 Å². The van der Waals surface area contributed by atoms with Crippen LogP contribution < -0.4 is 5.32 Å². The van der Waals surface area contributed by atoms with Gasteiger partial charge in [0.15, 0.2) is 0 Å². The summed E-state index contributed by atoms with van der Waals surface area (Å²) >= 11 is 0. The van der Waals surface area contributed by atoms with Crippen molar-refractivity contribution in [1.29, 1.82) is 0 Å². The molecule has 0 bridgehead atoms. The molecule has 0 aromatic rings. The summed E-state index contributed by atoms with van der Waals surface area (Å²) in [5.41, 5.74) is 0. The molecule has 6 nitrogen and oxygen atoms in total. The number of nitrogens with one attached hydrogen (secondary N) is 1. The number of carbonyl (C=O) groups is 3. The van der Waals surface area contributed by atoms with Crippen LogP contribution in [0.1, 0.15) is 6.42 Å². The van der Waals surface area contributed by atoms with E-state index in [0.717, 1.165) is 0 Å². The Morgan fingerprint density at radius 2 is 2.38 bits per heavy atom. The van der Waals surface area contributed by atoms with E-state index in [-0.39, 0.29) is 12.5 Å². The van der Waals surface area contributed by atoms with Crippen molar-refractivity contribution in [2.24, 2.45) is 5.92 Å². The van der Waals surface area contributed by atoms with Crippen molar-refractivity contribution < 1.29 is 19.1 Å². The topological polar surface area (TPSA) is 75.7 Å². The first-order valence-corrected chi connectivity index (χ1v) is 4.87. The van der Waals surface area contributed by atoms with E-state index >= 15 is 0 Å². The number of carbonyl (C=O) groups excluding carboxylic acids is 3. The average molecular weight is 226 g/mol. The highest BCUT2D eigenvalue weighted by Gasteiger charge is 2.35. The van der Waals surface area contributed by atoms with Gasteiger partial charge in [-0.25, -0.2) is 0 Å². The number of amides is 2. The zero-order valence-corrected chi connectivity index (χ0v) is 9.06. The van der Waals surface area contributed by atoms with Crippen LogP contribution in [0, 0.1) is 5.92 Å². The third kappa shape index (κ3) is 2.59. The Balaban J connectivity index is 2.47. The van der Waals surface area contributed by atoms with Crippen molar-refractivity contribution in [2.75, 3.05) is 20.2 Å². The van der Waals surface area contributed by atoms with Gasteiger partial charge in [0, 0.05) is 6.54 Å². The van der Waals surface area contributed by atoms with Crippen LogP contribution in [-0.2, 0) is 19.1 Å². The minimum Gasteiger partial charge on any atom is -0.468 e. The monoisotopic (exact) mass is 226 g/mol. The van der Waals surface area contributed by atoms with E-state index in [1.54, 1.807) is 0 Å². The van der Waals surface area contributed by atoms with Crippen LogP contribution in [-0.4, -0.2) is 42.9 Å². The molecule has 0 saturated carbocycles. The Morgan fingerprint density at radius 3 is 2.88 bits per heavy atom. The van der Waals surface area contributed by atoms with Crippen molar-refractivity contribution in [3.05, 3.63) is 12.8 Å².